The van der Waals surface area contributed by atoms with Crippen LogP contribution in [0, 0.1) is 0 Å². The van der Waals surface area contributed by atoms with Gasteiger partial charge in [0.05, 0.1) is 10.0 Å². The van der Waals surface area contributed by atoms with Gasteiger partial charge in [0.1, 0.15) is 4.90 Å². The molecular formula is C10H6Cl3N3O2S. The Labute approximate surface area is 124 Å². The molecule has 0 bridgehead atoms. The van der Waals surface area contributed by atoms with Crippen molar-refractivity contribution in [3.8, 4) is 0 Å². The maximum absolute atomic E-state index is 12.1. The predicted molar refractivity (Wildman–Crippen MR) is 74.3 cm³/mol. The summed E-state index contributed by atoms with van der Waals surface area (Å²) in [6.07, 6.45) is 0. The Morgan fingerprint density at radius 1 is 1.00 bits per heavy atom. The van der Waals surface area contributed by atoms with Gasteiger partial charge in [0, 0.05) is 0 Å². The summed E-state index contributed by atoms with van der Waals surface area (Å²) < 4.78 is 26.4. The second-order valence-corrected chi connectivity index (χ2v) is 6.22. The summed E-state index contributed by atoms with van der Waals surface area (Å²) in [5, 5.41) is 7.36. The molecule has 0 atom stereocenters. The van der Waals surface area contributed by atoms with E-state index in [1.165, 1.54) is 30.3 Å². The molecule has 100 valence electrons. The SMILES string of the molecule is O=S(=O)(Nc1ccc(Cl)nn1)c1cccc(Cl)c1Cl. The van der Waals surface area contributed by atoms with Crippen LogP contribution in [0.3, 0.4) is 0 Å². The summed E-state index contributed by atoms with van der Waals surface area (Å²) in [4.78, 5) is -0.140. The minimum atomic E-state index is -3.89. The minimum Gasteiger partial charge on any atom is -0.262 e. The Morgan fingerprint density at radius 3 is 2.37 bits per heavy atom. The molecule has 2 rings (SSSR count). The zero-order chi connectivity index (χ0) is 14.0. The van der Waals surface area contributed by atoms with Crippen LogP contribution in [0.5, 0.6) is 0 Å². The van der Waals surface area contributed by atoms with E-state index >= 15 is 0 Å². The Morgan fingerprint density at radius 2 is 1.74 bits per heavy atom. The van der Waals surface area contributed by atoms with Gasteiger partial charge in [-0.3, -0.25) is 4.72 Å². The van der Waals surface area contributed by atoms with Crippen molar-refractivity contribution in [2.45, 2.75) is 4.90 Å². The number of nitrogens with one attached hydrogen (secondary N) is 1. The van der Waals surface area contributed by atoms with Gasteiger partial charge in [0.2, 0.25) is 0 Å². The molecule has 5 nitrogen and oxygen atoms in total. The third kappa shape index (κ3) is 3.27. The van der Waals surface area contributed by atoms with E-state index in [1.807, 2.05) is 0 Å². The Hall–Kier alpha value is -1.08. The quantitative estimate of drug-likeness (QED) is 0.932. The molecule has 0 saturated heterocycles. The molecule has 0 aliphatic rings. The molecule has 19 heavy (non-hydrogen) atoms. The van der Waals surface area contributed by atoms with Gasteiger partial charge in [-0.15, -0.1) is 10.2 Å². The molecular weight excluding hydrogens is 333 g/mol. The Kier molecular flexibility index (Phi) is 4.15. The lowest BCUT2D eigenvalue weighted by Crippen LogP contribution is -2.14. The van der Waals surface area contributed by atoms with Crippen LogP contribution in [-0.2, 0) is 10.0 Å². The van der Waals surface area contributed by atoms with Crippen LogP contribution in [0.2, 0.25) is 15.2 Å². The van der Waals surface area contributed by atoms with Gasteiger partial charge in [0.15, 0.2) is 11.0 Å². The summed E-state index contributed by atoms with van der Waals surface area (Å²) in [5.74, 6) is 0.0282. The van der Waals surface area contributed by atoms with Gasteiger partial charge in [-0.25, -0.2) is 8.42 Å². The molecule has 0 spiro atoms. The van der Waals surface area contributed by atoms with Gasteiger partial charge in [-0.05, 0) is 24.3 Å². The lowest BCUT2D eigenvalue weighted by molar-refractivity contribution is 0.601. The average molecular weight is 339 g/mol. The van der Waals surface area contributed by atoms with E-state index in [2.05, 4.69) is 14.9 Å². The highest BCUT2D eigenvalue weighted by molar-refractivity contribution is 7.92. The molecule has 1 heterocycles. The normalized spacial score (nSPS) is 11.3. The van der Waals surface area contributed by atoms with Crippen molar-refractivity contribution >= 4 is 50.6 Å². The minimum absolute atomic E-state index is 0.0282. The van der Waals surface area contributed by atoms with Crippen molar-refractivity contribution in [3.05, 3.63) is 45.5 Å². The summed E-state index contributed by atoms with van der Waals surface area (Å²) in [6, 6.07) is 7.10. The number of hydrogen-bond acceptors (Lipinski definition) is 4. The molecule has 0 fully saturated rings. The zero-order valence-electron chi connectivity index (χ0n) is 9.14. The van der Waals surface area contributed by atoms with E-state index < -0.39 is 10.0 Å². The number of anilines is 1. The summed E-state index contributed by atoms with van der Waals surface area (Å²) >= 11 is 17.2. The number of hydrogen-bond donors (Lipinski definition) is 1. The second kappa shape index (κ2) is 5.50. The van der Waals surface area contributed by atoms with Crippen LogP contribution in [0.4, 0.5) is 5.82 Å². The Bertz CT molecular complexity index is 704. The topological polar surface area (TPSA) is 72.0 Å². The van der Waals surface area contributed by atoms with E-state index in [1.54, 1.807) is 0 Å². The maximum atomic E-state index is 12.1. The summed E-state index contributed by atoms with van der Waals surface area (Å²) in [7, 11) is -3.89. The molecule has 2 aromatic rings. The Balaban J connectivity index is 2.38. The fourth-order valence-corrected chi connectivity index (χ4v) is 3.11. The monoisotopic (exact) mass is 337 g/mol. The lowest BCUT2D eigenvalue weighted by atomic mass is 10.4. The van der Waals surface area contributed by atoms with Crippen molar-refractivity contribution < 1.29 is 8.42 Å². The van der Waals surface area contributed by atoms with Gasteiger partial charge in [-0.2, -0.15) is 0 Å². The van der Waals surface area contributed by atoms with Crippen LogP contribution in [0.1, 0.15) is 0 Å². The highest BCUT2D eigenvalue weighted by Gasteiger charge is 2.20. The number of aromatic nitrogens is 2. The van der Waals surface area contributed by atoms with Crippen LogP contribution in [0.25, 0.3) is 0 Å². The van der Waals surface area contributed by atoms with E-state index in [4.69, 9.17) is 34.8 Å². The number of halogens is 3. The lowest BCUT2D eigenvalue weighted by Gasteiger charge is -2.08. The molecule has 0 unspecified atom stereocenters. The third-order valence-electron chi connectivity index (χ3n) is 2.08. The van der Waals surface area contributed by atoms with Crippen molar-refractivity contribution in [2.24, 2.45) is 0 Å². The molecule has 0 aliphatic carbocycles. The molecule has 0 aliphatic heterocycles. The molecule has 0 amide bonds. The van der Waals surface area contributed by atoms with Crippen LogP contribution in [0.15, 0.2) is 35.2 Å². The largest absolute Gasteiger partial charge is 0.264 e. The highest BCUT2D eigenvalue weighted by Crippen LogP contribution is 2.29. The van der Waals surface area contributed by atoms with Crippen molar-refractivity contribution in [1.29, 1.82) is 0 Å². The van der Waals surface area contributed by atoms with Gasteiger partial charge in [0.25, 0.3) is 10.0 Å². The van der Waals surface area contributed by atoms with Gasteiger partial charge < -0.3 is 0 Å². The zero-order valence-corrected chi connectivity index (χ0v) is 12.2. The number of nitrogens with zero attached hydrogens (tertiary/aromatic N) is 2. The van der Waals surface area contributed by atoms with E-state index in [0.29, 0.717) is 0 Å². The molecule has 0 saturated carbocycles. The first-order chi connectivity index (χ1) is 8.90. The van der Waals surface area contributed by atoms with Crippen molar-refractivity contribution in [1.82, 2.24) is 10.2 Å². The summed E-state index contributed by atoms with van der Waals surface area (Å²) in [6.45, 7) is 0. The van der Waals surface area contributed by atoms with E-state index in [-0.39, 0.29) is 25.9 Å². The van der Waals surface area contributed by atoms with Crippen LogP contribution in [-0.4, -0.2) is 18.6 Å². The summed E-state index contributed by atoms with van der Waals surface area (Å²) in [5.41, 5.74) is 0. The first-order valence-corrected chi connectivity index (χ1v) is 7.48. The van der Waals surface area contributed by atoms with Crippen LogP contribution >= 0.6 is 34.8 Å². The average Bonchev–Trinajstić information content (AvgIpc) is 2.35. The maximum Gasteiger partial charge on any atom is 0.264 e. The van der Waals surface area contributed by atoms with E-state index in [9.17, 15) is 8.42 Å². The van der Waals surface area contributed by atoms with Gasteiger partial charge in [-0.1, -0.05) is 40.9 Å². The number of rotatable bonds is 3. The molecule has 1 aromatic heterocycles. The molecule has 9 heteroatoms. The molecule has 0 radical (unpaired) electrons. The molecule has 1 aromatic carbocycles. The molecule has 1 N–H and O–H groups in total. The standard InChI is InChI=1S/C10H6Cl3N3O2S/c11-6-2-1-3-7(10(6)13)19(17,18)16-9-5-4-8(12)14-15-9/h1-5H,(H,15,16). The fourth-order valence-electron chi connectivity index (χ4n) is 1.25. The third-order valence-corrected chi connectivity index (χ3v) is 4.61. The highest BCUT2D eigenvalue weighted by atomic mass is 35.5. The number of sulfonamides is 1. The smallest absolute Gasteiger partial charge is 0.262 e. The van der Waals surface area contributed by atoms with E-state index in [0.717, 1.165) is 0 Å². The fraction of sp³-hybridized carbons (Fsp3) is 0. The first-order valence-electron chi connectivity index (χ1n) is 4.86. The van der Waals surface area contributed by atoms with Crippen molar-refractivity contribution in [3.63, 3.8) is 0 Å². The van der Waals surface area contributed by atoms with Gasteiger partial charge >= 0.3 is 0 Å². The predicted octanol–water partition coefficient (Wildman–Crippen LogP) is 3.24. The second-order valence-electron chi connectivity index (χ2n) is 3.40. The van der Waals surface area contributed by atoms with Crippen LogP contribution < -0.4 is 4.72 Å². The first kappa shape index (κ1) is 14.3. The number of benzene rings is 1. The van der Waals surface area contributed by atoms with Crippen molar-refractivity contribution in [2.75, 3.05) is 4.72 Å².